The van der Waals surface area contributed by atoms with E-state index in [1.807, 2.05) is 13.0 Å². The van der Waals surface area contributed by atoms with Gasteiger partial charge in [0.25, 0.3) is 5.56 Å². The summed E-state index contributed by atoms with van der Waals surface area (Å²) in [6.45, 7) is 9.99. The molecule has 6 nitrogen and oxygen atoms in total. The van der Waals surface area contributed by atoms with Gasteiger partial charge < -0.3 is 25.3 Å². The molecular formula is C25H33BN4O2. The van der Waals surface area contributed by atoms with Crippen LogP contribution in [0.25, 0.3) is 6.08 Å². The number of allylic oxidation sites excluding steroid dienone is 1. The van der Waals surface area contributed by atoms with Crippen LogP contribution in [0.1, 0.15) is 29.7 Å². The molecule has 0 spiro atoms. The second-order valence-corrected chi connectivity index (χ2v) is 8.31. The summed E-state index contributed by atoms with van der Waals surface area (Å²) in [7, 11) is 7.48. The molecule has 7 heteroatoms. The summed E-state index contributed by atoms with van der Waals surface area (Å²) in [6, 6.07) is 9.86. The van der Waals surface area contributed by atoms with Crippen LogP contribution in [0, 0.1) is 6.92 Å². The van der Waals surface area contributed by atoms with E-state index in [1.54, 1.807) is 29.9 Å². The van der Waals surface area contributed by atoms with Crippen molar-refractivity contribution in [3.05, 3.63) is 75.9 Å². The molecule has 3 rings (SSSR count). The number of nitrogens with zero attached hydrogens (tertiary/aromatic N) is 2. The lowest BCUT2D eigenvalue weighted by Crippen LogP contribution is -2.43. The van der Waals surface area contributed by atoms with E-state index in [-0.39, 0.29) is 5.56 Å². The van der Waals surface area contributed by atoms with Crippen LogP contribution in [0.3, 0.4) is 0 Å². The summed E-state index contributed by atoms with van der Waals surface area (Å²) in [4.78, 5) is 14.9. The van der Waals surface area contributed by atoms with Gasteiger partial charge in [0.2, 0.25) is 0 Å². The minimum Gasteiger partial charge on any atom is -0.497 e. The van der Waals surface area contributed by atoms with Gasteiger partial charge in [0.1, 0.15) is 13.6 Å². The molecule has 1 aliphatic heterocycles. The third kappa shape index (κ3) is 6.14. The molecule has 0 amide bonds. The average molecular weight is 432 g/mol. The molecule has 0 atom stereocenters. The van der Waals surface area contributed by atoms with Crippen LogP contribution in [0.5, 0.6) is 0 Å². The Morgan fingerprint density at radius 2 is 2.03 bits per heavy atom. The number of hydrogen-bond acceptors (Lipinski definition) is 5. The van der Waals surface area contributed by atoms with Gasteiger partial charge in [-0.2, -0.15) is 0 Å². The molecule has 168 valence electrons. The Bertz CT molecular complexity index is 1020. The van der Waals surface area contributed by atoms with Crippen LogP contribution in [0.2, 0.25) is 0 Å². The zero-order valence-electron chi connectivity index (χ0n) is 19.1. The number of aryl methyl sites for hydroxylation is 1. The highest BCUT2D eigenvalue weighted by Crippen LogP contribution is 2.16. The van der Waals surface area contributed by atoms with Gasteiger partial charge in [-0.05, 0) is 50.6 Å². The SMILES string of the molecule is [B]c1ccc(CNC2CCN(CCn3c(/C=C(\C=C)OC)c(N)ccc3=O)CC2)cc1C. The zero-order chi connectivity index (χ0) is 23.1. The molecule has 0 bridgehead atoms. The third-order valence-electron chi connectivity index (χ3n) is 6.13. The fraction of sp³-hybridized carbons (Fsp3) is 0.400. The highest BCUT2D eigenvalue weighted by Gasteiger charge is 2.19. The standard InChI is InChI=1S/C25H33BN4O2/c1-4-21(32-3)16-24-23(27)7-8-25(31)30(24)14-13-29-11-9-20(10-12-29)28-17-19-5-6-22(26)18(2)15-19/h4-8,15-16,20,28H,1,9-14,17,27H2,2-3H3/b21-16+. The predicted octanol–water partition coefficient (Wildman–Crippen LogP) is 1.96. The summed E-state index contributed by atoms with van der Waals surface area (Å²) in [6.07, 6.45) is 5.52. The van der Waals surface area contributed by atoms with E-state index in [2.05, 4.69) is 28.9 Å². The number of nitrogens with one attached hydrogen (secondary N) is 1. The lowest BCUT2D eigenvalue weighted by molar-refractivity contribution is 0.190. The normalized spacial score (nSPS) is 15.6. The Morgan fingerprint density at radius 1 is 1.28 bits per heavy atom. The van der Waals surface area contributed by atoms with Gasteiger partial charge in [0.05, 0.1) is 18.5 Å². The summed E-state index contributed by atoms with van der Waals surface area (Å²) in [5.41, 5.74) is 10.5. The molecule has 2 heterocycles. The van der Waals surface area contributed by atoms with Crippen LogP contribution in [-0.4, -0.2) is 50.1 Å². The Hall–Kier alpha value is -2.77. The summed E-state index contributed by atoms with van der Waals surface area (Å²) in [5.74, 6) is 0.569. The van der Waals surface area contributed by atoms with Crippen molar-refractivity contribution in [2.45, 2.75) is 38.9 Å². The molecule has 1 fully saturated rings. The molecule has 0 saturated carbocycles. The van der Waals surface area contributed by atoms with Crippen molar-refractivity contribution in [2.24, 2.45) is 0 Å². The topological polar surface area (TPSA) is 72.5 Å². The highest BCUT2D eigenvalue weighted by molar-refractivity contribution is 6.33. The fourth-order valence-electron chi connectivity index (χ4n) is 4.05. The maximum absolute atomic E-state index is 12.5. The van der Waals surface area contributed by atoms with E-state index in [1.165, 1.54) is 11.6 Å². The maximum atomic E-state index is 12.5. The molecule has 1 aliphatic rings. The van der Waals surface area contributed by atoms with Crippen LogP contribution in [0.15, 0.2) is 53.5 Å². The summed E-state index contributed by atoms with van der Waals surface area (Å²) < 4.78 is 6.99. The van der Waals surface area contributed by atoms with Crippen molar-refractivity contribution in [2.75, 3.05) is 32.5 Å². The number of methoxy groups -OCH3 is 1. The van der Waals surface area contributed by atoms with Crippen LogP contribution >= 0.6 is 0 Å². The number of piperidine rings is 1. The quantitative estimate of drug-likeness (QED) is 0.360. The number of nitrogen functional groups attached to an aromatic ring is 1. The predicted molar refractivity (Wildman–Crippen MR) is 133 cm³/mol. The molecule has 0 unspecified atom stereocenters. The molecule has 2 aromatic rings. The van der Waals surface area contributed by atoms with E-state index in [4.69, 9.17) is 18.3 Å². The minimum absolute atomic E-state index is 0.0692. The van der Waals surface area contributed by atoms with Crippen molar-refractivity contribution in [3.63, 3.8) is 0 Å². The van der Waals surface area contributed by atoms with Crippen molar-refractivity contribution in [1.82, 2.24) is 14.8 Å². The Labute approximate surface area is 192 Å². The summed E-state index contributed by atoms with van der Waals surface area (Å²) >= 11 is 0. The van der Waals surface area contributed by atoms with Crippen LogP contribution in [0.4, 0.5) is 5.69 Å². The first-order chi connectivity index (χ1) is 15.4. The van der Waals surface area contributed by atoms with Gasteiger partial charge in [0.15, 0.2) is 0 Å². The first-order valence-electron chi connectivity index (χ1n) is 11.1. The van der Waals surface area contributed by atoms with E-state index in [9.17, 15) is 4.79 Å². The Morgan fingerprint density at radius 3 is 2.69 bits per heavy atom. The van der Waals surface area contributed by atoms with Crippen molar-refractivity contribution in [1.29, 1.82) is 0 Å². The lowest BCUT2D eigenvalue weighted by atomic mass is 9.90. The van der Waals surface area contributed by atoms with Crippen LogP contribution < -0.4 is 22.1 Å². The van der Waals surface area contributed by atoms with Gasteiger partial charge in [0, 0.05) is 37.8 Å². The first kappa shape index (κ1) is 23.9. The molecule has 1 aromatic carbocycles. The molecule has 0 aliphatic carbocycles. The van der Waals surface area contributed by atoms with Gasteiger partial charge in [-0.3, -0.25) is 4.79 Å². The molecule has 2 radical (unpaired) electrons. The second-order valence-electron chi connectivity index (χ2n) is 8.31. The minimum atomic E-state index is -0.0692. The third-order valence-corrected chi connectivity index (χ3v) is 6.13. The number of nitrogens with two attached hydrogens (primary N) is 1. The van der Waals surface area contributed by atoms with Gasteiger partial charge in [-0.1, -0.05) is 35.8 Å². The number of anilines is 1. The number of hydrogen-bond donors (Lipinski definition) is 2. The number of aromatic nitrogens is 1. The largest absolute Gasteiger partial charge is 0.497 e. The van der Waals surface area contributed by atoms with Gasteiger partial charge in [-0.15, -0.1) is 0 Å². The number of rotatable bonds is 9. The smallest absolute Gasteiger partial charge is 0.251 e. The van der Waals surface area contributed by atoms with Crippen molar-refractivity contribution in [3.8, 4) is 0 Å². The van der Waals surface area contributed by atoms with E-state index < -0.39 is 0 Å². The lowest BCUT2D eigenvalue weighted by Gasteiger charge is -2.32. The number of likely N-dealkylation sites (tertiary alicyclic amines) is 1. The molecule has 1 aromatic heterocycles. The fourth-order valence-corrected chi connectivity index (χ4v) is 4.05. The average Bonchev–Trinajstić information content (AvgIpc) is 2.80. The molecular weight excluding hydrogens is 399 g/mol. The van der Waals surface area contributed by atoms with Gasteiger partial charge >= 0.3 is 0 Å². The van der Waals surface area contributed by atoms with Crippen molar-refractivity contribution >= 4 is 25.1 Å². The van der Waals surface area contributed by atoms with E-state index in [0.29, 0.717) is 29.7 Å². The monoisotopic (exact) mass is 432 g/mol. The van der Waals surface area contributed by atoms with Crippen LogP contribution in [-0.2, 0) is 17.8 Å². The maximum Gasteiger partial charge on any atom is 0.251 e. The Balaban J connectivity index is 1.54. The van der Waals surface area contributed by atoms with Gasteiger partial charge in [-0.25, -0.2) is 0 Å². The number of ether oxygens (including phenoxy) is 1. The molecule has 32 heavy (non-hydrogen) atoms. The molecule has 3 N–H and O–H groups in total. The zero-order valence-corrected chi connectivity index (χ0v) is 19.1. The highest BCUT2D eigenvalue weighted by atomic mass is 16.5. The van der Waals surface area contributed by atoms with E-state index >= 15 is 0 Å². The number of benzene rings is 1. The first-order valence-corrected chi connectivity index (χ1v) is 11.1. The van der Waals surface area contributed by atoms with E-state index in [0.717, 1.165) is 50.0 Å². The second kappa shape index (κ2) is 11.2. The Kier molecular flexibility index (Phi) is 8.36. The van der Waals surface area contributed by atoms with Crippen molar-refractivity contribution < 1.29 is 4.74 Å². The summed E-state index contributed by atoms with van der Waals surface area (Å²) in [5, 5.41) is 3.67. The number of pyridine rings is 1. The molecule has 1 saturated heterocycles.